The molecular weight excluding hydrogens is 470 g/mol. The number of hydrogen-bond donors (Lipinski definition) is 1. The van der Waals surface area contributed by atoms with Gasteiger partial charge in [0.25, 0.3) is 11.6 Å². The number of aliphatic imine (C=N–C) groups is 1. The number of rotatable bonds is 5. The van der Waals surface area contributed by atoms with Crippen LogP contribution in [0.15, 0.2) is 64.2 Å². The number of nitrogens with one attached hydrogen (secondary N) is 1. The minimum Gasteiger partial charge on any atom is -0.489 e. The van der Waals surface area contributed by atoms with E-state index in [0.29, 0.717) is 28.6 Å². The standard InChI is InChI=1S/C20H15N5O6S2/c1-33(29,30)20-23-24-17(21)15(18(26)22-19(24)32-20)10-12-6-8-14(9-7-12)31-11-13-4-2-3-5-16(13)25(27)28/h2-10,21H,11H2,1H3/b15-10-,21-17?. The summed E-state index contributed by atoms with van der Waals surface area (Å²) in [6.07, 6.45) is 2.43. The summed E-state index contributed by atoms with van der Waals surface area (Å²) in [4.78, 5) is 26.9. The Balaban J connectivity index is 1.50. The van der Waals surface area contributed by atoms with Gasteiger partial charge in [-0.1, -0.05) is 24.3 Å². The number of carbonyl (C=O) groups is 1. The Morgan fingerprint density at radius 3 is 2.58 bits per heavy atom. The van der Waals surface area contributed by atoms with E-state index < -0.39 is 20.7 Å². The number of para-hydroxylation sites is 1. The highest BCUT2D eigenvalue weighted by Gasteiger charge is 2.38. The lowest BCUT2D eigenvalue weighted by molar-refractivity contribution is -0.385. The van der Waals surface area contributed by atoms with Crippen LogP contribution in [0.5, 0.6) is 5.75 Å². The maximum absolute atomic E-state index is 12.4. The van der Waals surface area contributed by atoms with Crippen molar-refractivity contribution in [1.82, 2.24) is 5.01 Å². The van der Waals surface area contributed by atoms with Gasteiger partial charge in [0.1, 0.15) is 12.4 Å². The number of fused-ring (bicyclic) bond motifs is 1. The van der Waals surface area contributed by atoms with Gasteiger partial charge in [-0.3, -0.25) is 20.3 Å². The molecule has 2 aromatic carbocycles. The molecule has 0 radical (unpaired) electrons. The van der Waals surface area contributed by atoms with Crippen molar-refractivity contribution >= 4 is 54.6 Å². The van der Waals surface area contributed by atoms with Crippen LogP contribution in [0.25, 0.3) is 6.08 Å². The summed E-state index contributed by atoms with van der Waals surface area (Å²) in [5.41, 5.74) is 0.918. The van der Waals surface area contributed by atoms with Crippen LogP contribution in [-0.2, 0) is 21.2 Å². The molecule has 0 saturated heterocycles. The van der Waals surface area contributed by atoms with Gasteiger partial charge in [-0.2, -0.15) is 10.0 Å². The summed E-state index contributed by atoms with van der Waals surface area (Å²) < 4.78 is 28.8. The first-order chi connectivity index (χ1) is 15.6. The van der Waals surface area contributed by atoms with Crippen molar-refractivity contribution in [3.8, 4) is 5.75 Å². The Morgan fingerprint density at radius 1 is 1.21 bits per heavy atom. The van der Waals surface area contributed by atoms with Gasteiger partial charge in [-0.15, -0.1) is 5.10 Å². The molecule has 0 fully saturated rings. The number of hydrogen-bond acceptors (Lipinski definition) is 9. The minimum atomic E-state index is -3.60. The third-order valence-electron chi connectivity index (χ3n) is 4.53. The zero-order valence-corrected chi connectivity index (χ0v) is 18.6. The fourth-order valence-corrected chi connectivity index (χ4v) is 4.61. The Hall–Kier alpha value is -3.84. The van der Waals surface area contributed by atoms with Crippen LogP contribution in [0.1, 0.15) is 11.1 Å². The monoisotopic (exact) mass is 485 g/mol. The Morgan fingerprint density at radius 2 is 1.91 bits per heavy atom. The number of hydrazone groups is 1. The highest BCUT2D eigenvalue weighted by atomic mass is 32.3. The predicted octanol–water partition coefficient (Wildman–Crippen LogP) is 2.80. The van der Waals surface area contributed by atoms with Crippen molar-refractivity contribution < 1.29 is 22.9 Å². The van der Waals surface area contributed by atoms with E-state index in [9.17, 15) is 23.3 Å². The number of amidine groups is 2. The Bertz CT molecular complexity index is 1380. The van der Waals surface area contributed by atoms with E-state index in [1.54, 1.807) is 42.5 Å². The van der Waals surface area contributed by atoms with Gasteiger partial charge in [0.2, 0.25) is 19.4 Å². The van der Waals surface area contributed by atoms with E-state index >= 15 is 0 Å². The van der Waals surface area contributed by atoms with E-state index in [-0.39, 0.29) is 33.2 Å². The van der Waals surface area contributed by atoms with Crippen LogP contribution in [-0.4, -0.2) is 45.9 Å². The third-order valence-corrected chi connectivity index (χ3v) is 7.10. The second kappa shape index (κ2) is 8.60. The molecule has 11 nitrogen and oxygen atoms in total. The van der Waals surface area contributed by atoms with Gasteiger partial charge < -0.3 is 4.74 Å². The first-order valence-corrected chi connectivity index (χ1v) is 12.0. The molecule has 1 amide bonds. The fraction of sp³-hybridized carbons (Fsp3) is 0.100. The molecule has 0 saturated carbocycles. The number of carbonyl (C=O) groups excluding carboxylic acids is 1. The van der Waals surface area contributed by atoms with Gasteiger partial charge in [-0.05, 0) is 41.6 Å². The zero-order chi connectivity index (χ0) is 23.8. The lowest BCUT2D eigenvalue weighted by Gasteiger charge is -2.20. The molecule has 2 heterocycles. The summed E-state index contributed by atoms with van der Waals surface area (Å²) in [6, 6.07) is 12.8. The molecule has 0 aliphatic carbocycles. The number of nitrogens with zero attached hydrogens (tertiary/aromatic N) is 4. The quantitative estimate of drug-likeness (QED) is 0.385. The lowest BCUT2D eigenvalue weighted by Crippen LogP contribution is -2.35. The van der Waals surface area contributed by atoms with Gasteiger partial charge in [0.05, 0.1) is 16.1 Å². The topological polar surface area (TPSA) is 155 Å². The average Bonchev–Trinajstić information content (AvgIpc) is 3.21. The molecular formula is C20H15N5O6S2. The number of sulfone groups is 1. The van der Waals surface area contributed by atoms with Crippen molar-refractivity contribution in [2.45, 2.75) is 6.61 Å². The maximum atomic E-state index is 12.4. The number of amides is 1. The summed E-state index contributed by atoms with van der Waals surface area (Å²) in [5, 5.41) is 24.3. The Labute approximate surface area is 192 Å². The van der Waals surface area contributed by atoms with Crippen LogP contribution < -0.4 is 4.74 Å². The van der Waals surface area contributed by atoms with Crippen LogP contribution in [0.4, 0.5) is 5.69 Å². The average molecular weight is 486 g/mol. The van der Waals surface area contributed by atoms with Gasteiger partial charge >= 0.3 is 0 Å². The highest BCUT2D eigenvalue weighted by molar-refractivity contribution is 8.42. The van der Waals surface area contributed by atoms with Crippen molar-refractivity contribution in [3.05, 3.63) is 75.3 Å². The second-order valence-electron chi connectivity index (χ2n) is 6.90. The molecule has 0 spiro atoms. The van der Waals surface area contributed by atoms with Crippen LogP contribution in [0.3, 0.4) is 0 Å². The second-order valence-corrected chi connectivity index (χ2v) is 10.0. The largest absolute Gasteiger partial charge is 0.489 e. The summed E-state index contributed by atoms with van der Waals surface area (Å²) in [5.74, 6) is -0.507. The van der Waals surface area contributed by atoms with Gasteiger partial charge in [0.15, 0.2) is 5.84 Å². The molecule has 0 aromatic heterocycles. The molecule has 168 valence electrons. The molecule has 2 aliphatic rings. The van der Waals surface area contributed by atoms with Crippen molar-refractivity contribution in [1.29, 1.82) is 5.41 Å². The van der Waals surface area contributed by atoms with Crippen LogP contribution in [0, 0.1) is 15.5 Å². The zero-order valence-electron chi connectivity index (χ0n) is 17.0. The third kappa shape index (κ3) is 4.68. The SMILES string of the molecule is CS(=O)(=O)C1=NN2C(=N)/C(=C/c3ccc(OCc4ccccc4[N+](=O)[O-])cc3)C(=O)N=C2S1. The van der Waals surface area contributed by atoms with Gasteiger partial charge in [0, 0.05) is 12.3 Å². The van der Waals surface area contributed by atoms with Crippen molar-refractivity contribution in [3.63, 3.8) is 0 Å². The van der Waals surface area contributed by atoms with E-state index in [2.05, 4.69) is 10.1 Å². The van der Waals surface area contributed by atoms with Crippen molar-refractivity contribution in [2.24, 2.45) is 10.1 Å². The highest BCUT2D eigenvalue weighted by Crippen LogP contribution is 2.30. The number of ether oxygens (including phenoxy) is 1. The first kappa shape index (κ1) is 22.4. The van der Waals surface area contributed by atoms with Gasteiger partial charge in [-0.25, -0.2) is 8.42 Å². The Kier molecular flexibility index (Phi) is 5.82. The van der Waals surface area contributed by atoms with Crippen LogP contribution in [0.2, 0.25) is 0 Å². The number of benzene rings is 2. The molecule has 4 rings (SSSR count). The molecule has 2 aliphatic heterocycles. The molecule has 2 aromatic rings. The van der Waals surface area contributed by atoms with Crippen molar-refractivity contribution in [2.75, 3.05) is 6.26 Å². The molecule has 1 N–H and O–H groups in total. The summed E-state index contributed by atoms with van der Waals surface area (Å²) in [7, 11) is -3.60. The summed E-state index contributed by atoms with van der Waals surface area (Å²) in [6.45, 7) is 0.00547. The maximum Gasteiger partial charge on any atom is 0.283 e. The first-order valence-electron chi connectivity index (χ1n) is 9.29. The summed E-state index contributed by atoms with van der Waals surface area (Å²) >= 11 is 0.716. The van der Waals surface area contributed by atoms with E-state index in [1.807, 2.05) is 0 Å². The number of thioether (sulfide) groups is 1. The van der Waals surface area contributed by atoms with Crippen LogP contribution >= 0.6 is 11.8 Å². The fourth-order valence-electron chi connectivity index (χ4n) is 2.92. The van der Waals surface area contributed by atoms with E-state index in [1.165, 1.54) is 12.1 Å². The minimum absolute atomic E-state index is 0.00547. The predicted molar refractivity (Wildman–Crippen MR) is 124 cm³/mol. The molecule has 0 unspecified atom stereocenters. The normalized spacial score (nSPS) is 17.0. The lowest BCUT2D eigenvalue weighted by atomic mass is 10.1. The molecule has 13 heteroatoms. The number of nitro benzene ring substituents is 1. The molecule has 33 heavy (non-hydrogen) atoms. The smallest absolute Gasteiger partial charge is 0.283 e. The molecule has 0 bridgehead atoms. The van der Waals surface area contributed by atoms with E-state index in [4.69, 9.17) is 10.1 Å². The van der Waals surface area contributed by atoms with E-state index in [0.717, 1.165) is 11.3 Å². The number of nitro groups is 1. The molecule has 0 atom stereocenters.